The van der Waals surface area contributed by atoms with E-state index in [2.05, 4.69) is 30.0 Å². The maximum Gasteiger partial charge on any atom is 0.280 e. The number of rotatable bonds is 4. The Morgan fingerprint density at radius 1 is 1.00 bits per heavy atom. The second-order valence-electron chi connectivity index (χ2n) is 7.00. The van der Waals surface area contributed by atoms with Crippen LogP contribution in [0.3, 0.4) is 0 Å². The van der Waals surface area contributed by atoms with Crippen LogP contribution in [0.1, 0.15) is 36.7 Å². The Hall–Kier alpha value is -2.84. The first kappa shape index (κ1) is 16.3. The van der Waals surface area contributed by atoms with Crippen LogP contribution in [0.2, 0.25) is 0 Å². The molecule has 7 nitrogen and oxygen atoms in total. The highest BCUT2D eigenvalue weighted by atomic mass is 19.3. The summed E-state index contributed by atoms with van der Waals surface area (Å²) in [6.45, 7) is 2.96. The van der Waals surface area contributed by atoms with Crippen LogP contribution in [-0.2, 0) is 0 Å². The molecule has 9 heteroatoms. The van der Waals surface area contributed by atoms with Gasteiger partial charge in [0.2, 0.25) is 0 Å². The van der Waals surface area contributed by atoms with Crippen molar-refractivity contribution in [1.82, 2.24) is 24.6 Å². The first-order valence-electron chi connectivity index (χ1n) is 9.15. The summed E-state index contributed by atoms with van der Waals surface area (Å²) in [5.74, 6) is 2.46. The van der Waals surface area contributed by atoms with E-state index in [1.165, 1.54) is 6.07 Å². The summed E-state index contributed by atoms with van der Waals surface area (Å²) in [6.07, 6.45) is 1.11. The maximum atomic E-state index is 13.2. The number of piperazine rings is 1. The fourth-order valence-corrected chi connectivity index (χ4v) is 3.53. The lowest BCUT2D eigenvalue weighted by molar-refractivity contribution is 0.145. The van der Waals surface area contributed by atoms with Gasteiger partial charge < -0.3 is 9.80 Å². The Balaban J connectivity index is 1.37. The third kappa shape index (κ3) is 3.07. The van der Waals surface area contributed by atoms with E-state index in [1.54, 1.807) is 6.33 Å². The maximum absolute atomic E-state index is 13.2. The zero-order valence-electron chi connectivity index (χ0n) is 14.7. The summed E-state index contributed by atoms with van der Waals surface area (Å²) in [4.78, 5) is 13.0. The molecule has 3 aromatic heterocycles. The minimum atomic E-state index is -2.57. The van der Waals surface area contributed by atoms with E-state index < -0.39 is 6.43 Å². The molecule has 2 aliphatic rings. The van der Waals surface area contributed by atoms with Crippen LogP contribution in [0.25, 0.3) is 5.65 Å². The summed E-state index contributed by atoms with van der Waals surface area (Å²) in [6, 6.07) is 7.36. The van der Waals surface area contributed by atoms with Crippen LogP contribution in [0.15, 0.2) is 30.6 Å². The minimum Gasteiger partial charge on any atom is -0.354 e. The van der Waals surface area contributed by atoms with E-state index in [4.69, 9.17) is 0 Å². The first-order chi connectivity index (χ1) is 13.2. The van der Waals surface area contributed by atoms with Gasteiger partial charge in [-0.05, 0) is 25.0 Å². The summed E-state index contributed by atoms with van der Waals surface area (Å²) in [5, 5.41) is 8.05. The van der Waals surface area contributed by atoms with Crippen molar-refractivity contribution in [1.29, 1.82) is 0 Å². The predicted molar refractivity (Wildman–Crippen MR) is 96.4 cm³/mol. The molecule has 1 saturated carbocycles. The molecule has 1 aliphatic carbocycles. The molecule has 0 atom stereocenters. The van der Waals surface area contributed by atoms with Gasteiger partial charge in [-0.1, -0.05) is 6.07 Å². The van der Waals surface area contributed by atoms with Gasteiger partial charge in [-0.2, -0.15) is 0 Å². The largest absolute Gasteiger partial charge is 0.354 e. The van der Waals surface area contributed by atoms with Crippen molar-refractivity contribution < 1.29 is 8.78 Å². The molecule has 0 N–H and O–H groups in total. The lowest BCUT2D eigenvalue weighted by Crippen LogP contribution is -2.47. The molecule has 0 amide bonds. The second-order valence-corrected chi connectivity index (χ2v) is 7.00. The molecule has 0 bridgehead atoms. The van der Waals surface area contributed by atoms with Gasteiger partial charge in [0.15, 0.2) is 5.65 Å². The second kappa shape index (κ2) is 6.40. The van der Waals surface area contributed by atoms with E-state index in [0.717, 1.165) is 37.4 Å². The number of halogens is 2. The number of pyridine rings is 1. The Labute approximate surface area is 154 Å². The SMILES string of the molecule is FC(F)c1cc(N2CCN(c3cccc4nncn34)CC2)nc(C2CC2)n1. The van der Waals surface area contributed by atoms with Gasteiger partial charge in [-0.15, -0.1) is 10.2 Å². The average Bonchev–Trinajstić information content (AvgIpc) is 3.44. The van der Waals surface area contributed by atoms with E-state index >= 15 is 0 Å². The summed E-state index contributed by atoms with van der Waals surface area (Å²) in [5.41, 5.74) is 0.639. The van der Waals surface area contributed by atoms with E-state index in [9.17, 15) is 8.78 Å². The highest BCUT2D eigenvalue weighted by Crippen LogP contribution is 2.39. The molecule has 4 heterocycles. The van der Waals surface area contributed by atoms with Crippen molar-refractivity contribution in [2.75, 3.05) is 36.0 Å². The Morgan fingerprint density at radius 2 is 1.78 bits per heavy atom. The number of fused-ring (bicyclic) bond motifs is 1. The lowest BCUT2D eigenvalue weighted by atomic mass is 10.2. The minimum absolute atomic E-state index is 0.168. The van der Waals surface area contributed by atoms with Gasteiger partial charge in [-0.3, -0.25) is 4.40 Å². The molecule has 2 fully saturated rings. The van der Waals surface area contributed by atoms with Gasteiger partial charge in [-0.25, -0.2) is 18.7 Å². The van der Waals surface area contributed by atoms with E-state index in [1.807, 2.05) is 22.6 Å². The summed E-state index contributed by atoms with van der Waals surface area (Å²) < 4.78 is 28.5. The number of aromatic nitrogens is 5. The molecular weight excluding hydrogens is 352 g/mol. The fourth-order valence-electron chi connectivity index (χ4n) is 3.53. The molecule has 140 valence electrons. The Kier molecular flexibility index (Phi) is 3.87. The van der Waals surface area contributed by atoms with Gasteiger partial charge in [0.05, 0.1) is 0 Å². The molecule has 1 aliphatic heterocycles. The standard InChI is InChI=1S/C18H19F2N7/c19-17(20)13-10-15(23-18(22-13)12-4-5-12)25-6-8-26(9-7-25)16-3-1-2-14-24-21-11-27(14)16/h1-3,10-12,17H,4-9H2. The highest BCUT2D eigenvalue weighted by molar-refractivity contribution is 5.52. The number of nitrogens with zero attached hydrogens (tertiary/aromatic N) is 7. The van der Waals surface area contributed by atoms with Crippen molar-refractivity contribution in [3.63, 3.8) is 0 Å². The van der Waals surface area contributed by atoms with Gasteiger partial charge >= 0.3 is 0 Å². The molecule has 0 spiro atoms. The van der Waals surface area contributed by atoms with E-state index in [-0.39, 0.29) is 11.6 Å². The lowest BCUT2D eigenvalue weighted by Gasteiger charge is -2.36. The Morgan fingerprint density at radius 3 is 2.52 bits per heavy atom. The average molecular weight is 371 g/mol. The zero-order chi connectivity index (χ0) is 18.4. The molecule has 5 rings (SSSR count). The molecule has 0 aromatic carbocycles. The van der Waals surface area contributed by atoms with Crippen molar-refractivity contribution in [2.45, 2.75) is 25.2 Å². The van der Waals surface area contributed by atoms with Crippen LogP contribution in [0.5, 0.6) is 0 Å². The van der Waals surface area contributed by atoms with Gasteiger partial charge in [0.1, 0.15) is 29.5 Å². The third-order valence-electron chi connectivity index (χ3n) is 5.16. The third-order valence-corrected chi connectivity index (χ3v) is 5.16. The number of anilines is 2. The highest BCUT2D eigenvalue weighted by Gasteiger charge is 2.30. The number of hydrogen-bond acceptors (Lipinski definition) is 6. The van der Waals surface area contributed by atoms with Crippen LogP contribution in [0, 0.1) is 0 Å². The van der Waals surface area contributed by atoms with Gasteiger partial charge in [0, 0.05) is 38.2 Å². The van der Waals surface area contributed by atoms with Crippen molar-refractivity contribution in [3.8, 4) is 0 Å². The molecule has 0 radical (unpaired) electrons. The fraction of sp³-hybridized carbons (Fsp3) is 0.444. The molecule has 1 saturated heterocycles. The zero-order valence-corrected chi connectivity index (χ0v) is 14.7. The molecule has 0 unspecified atom stereocenters. The molecular formula is C18H19F2N7. The number of hydrogen-bond donors (Lipinski definition) is 0. The van der Waals surface area contributed by atoms with Crippen molar-refractivity contribution in [2.24, 2.45) is 0 Å². The van der Waals surface area contributed by atoms with Crippen LogP contribution >= 0.6 is 0 Å². The molecule has 27 heavy (non-hydrogen) atoms. The quantitative estimate of drug-likeness (QED) is 0.703. The van der Waals surface area contributed by atoms with Crippen molar-refractivity contribution >= 4 is 17.3 Å². The van der Waals surface area contributed by atoms with Crippen LogP contribution < -0.4 is 9.80 Å². The monoisotopic (exact) mass is 371 g/mol. The summed E-state index contributed by atoms with van der Waals surface area (Å²) in [7, 11) is 0. The van der Waals surface area contributed by atoms with Crippen LogP contribution in [0.4, 0.5) is 20.4 Å². The Bertz CT molecular complexity index is 941. The summed E-state index contributed by atoms with van der Waals surface area (Å²) >= 11 is 0. The normalized spacial score (nSPS) is 17.9. The smallest absolute Gasteiger partial charge is 0.280 e. The number of alkyl halides is 2. The van der Waals surface area contributed by atoms with Crippen LogP contribution in [-0.4, -0.2) is 50.7 Å². The topological polar surface area (TPSA) is 62.5 Å². The van der Waals surface area contributed by atoms with Crippen molar-refractivity contribution in [3.05, 3.63) is 42.1 Å². The molecule has 3 aromatic rings. The van der Waals surface area contributed by atoms with Gasteiger partial charge in [0.25, 0.3) is 6.43 Å². The first-order valence-corrected chi connectivity index (χ1v) is 9.15. The predicted octanol–water partition coefficient (Wildman–Crippen LogP) is 2.66. The van der Waals surface area contributed by atoms with E-state index in [0.29, 0.717) is 24.7 Å².